The van der Waals surface area contributed by atoms with Crippen molar-refractivity contribution >= 4 is 23.9 Å². The Morgan fingerprint density at radius 2 is 1.49 bits per heavy atom. The van der Waals surface area contributed by atoms with Crippen molar-refractivity contribution in [1.82, 2.24) is 0 Å². The molecule has 0 aliphatic rings. The number of aliphatic hydroxyl groups excluding tert-OH is 2. The fourth-order valence-electron chi connectivity index (χ4n) is 3.10. The molecule has 12 heteroatoms. The average molecular weight is 500 g/mol. The Kier molecular flexibility index (Phi) is 12.0. The zero-order valence-electron chi connectivity index (χ0n) is 20.1. The van der Waals surface area contributed by atoms with Crippen LogP contribution in [0.1, 0.15) is 56.0 Å². The predicted molar refractivity (Wildman–Crippen MR) is 118 cm³/mol. The highest BCUT2D eigenvalue weighted by Gasteiger charge is 2.25. The maximum Gasteiger partial charge on any atom is 0.342 e. The van der Waals surface area contributed by atoms with Crippen molar-refractivity contribution in [3.8, 4) is 11.5 Å². The SMILES string of the molecule is COC(=O)CC(C)OC(=O)c1c(O)cc(O)cc1CC(C)OC(=O)CC(CO)OC(=O)CC(C)O. The van der Waals surface area contributed by atoms with Crippen LogP contribution in [0, 0.1) is 0 Å². The van der Waals surface area contributed by atoms with Crippen LogP contribution in [0.5, 0.6) is 11.5 Å². The first-order valence-electron chi connectivity index (χ1n) is 10.9. The summed E-state index contributed by atoms with van der Waals surface area (Å²) in [5, 5.41) is 38.6. The number of aromatic hydroxyl groups is 2. The van der Waals surface area contributed by atoms with Crippen molar-refractivity contribution in [3.05, 3.63) is 23.3 Å². The van der Waals surface area contributed by atoms with Crippen LogP contribution in [-0.4, -0.2) is 82.4 Å². The molecular formula is C23H32O12. The van der Waals surface area contributed by atoms with Crippen molar-refractivity contribution in [3.63, 3.8) is 0 Å². The van der Waals surface area contributed by atoms with Crippen molar-refractivity contribution in [2.45, 2.75) is 70.9 Å². The number of phenols is 2. The van der Waals surface area contributed by atoms with Gasteiger partial charge in [-0.25, -0.2) is 4.79 Å². The van der Waals surface area contributed by atoms with E-state index in [0.717, 1.165) is 6.07 Å². The molecule has 1 rings (SSSR count). The van der Waals surface area contributed by atoms with Crippen LogP contribution < -0.4 is 0 Å². The number of benzene rings is 1. The molecule has 0 aliphatic carbocycles. The number of phenolic OH excluding ortho intramolecular Hbond substituents is 2. The lowest BCUT2D eigenvalue weighted by atomic mass is 10.00. The summed E-state index contributed by atoms with van der Waals surface area (Å²) in [7, 11) is 1.19. The standard InChI is InChI=1S/C23H32O12/c1-12(25)5-20(29)35-17(11-24)10-21(30)33-13(2)6-15-8-16(26)9-18(27)22(15)23(31)34-14(3)7-19(28)32-4/h8-9,12-14,17,24-27H,5-7,10-11H2,1-4H3. The Labute approximate surface area is 202 Å². The van der Waals surface area contributed by atoms with Gasteiger partial charge in [0, 0.05) is 12.5 Å². The van der Waals surface area contributed by atoms with Crippen LogP contribution >= 0.6 is 0 Å². The van der Waals surface area contributed by atoms with Gasteiger partial charge in [-0.2, -0.15) is 0 Å². The summed E-state index contributed by atoms with van der Waals surface area (Å²) in [4.78, 5) is 47.9. The minimum atomic E-state index is -1.17. The number of aliphatic hydroxyl groups is 2. The Hall–Kier alpha value is -3.38. The molecule has 1 aromatic rings. The Balaban J connectivity index is 2.86. The predicted octanol–water partition coefficient (Wildman–Crippen LogP) is 0.745. The molecule has 0 radical (unpaired) electrons. The molecule has 0 aromatic heterocycles. The number of esters is 4. The third-order valence-electron chi connectivity index (χ3n) is 4.58. The molecule has 0 saturated carbocycles. The number of ether oxygens (including phenoxy) is 4. The van der Waals surface area contributed by atoms with Crippen LogP contribution in [0.4, 0.5) is 0 Å². The summed E-state index contributed by atoms with van der Waals surface area (Å²) in [5.74, 6) is -4.09. The second-order valence-electron chi connectivity index (χ2n) is 8.05. The van der Waals surface area contributed by atoms with Crippen molar-refractivity contribution in [2.75, 3.05) is 13.7 Å². The lowest BCUT2D eigenvalue weighted by Crippen LogP contribution is -2.29. The van der Waals surface area contributed by atoms with Gasteiger partial charge < -0.3 is 39.4 Å². The first kappa shape index (κ1) is 29.7. The van der Waals surface area contributed by atoms with E-state index in [1.807, 2.05) is 0 Å². The largest absolute Gasteiger partial charge is 0.508 e. The van der Waals surface area contributed by atoms with E-state index in [2.05, 4.69) is 4.74 Å². The molecular weight excluding hydrogens is 468 g/mol. The van der Waals surface area contributed by atoms with Gasteiger partial charge in [0.2, 0.25) is 0 Å². The Morgan fingerprint density at radius 1 is 0.857 bits per heavy atom. The summed E-state index contributed by atoms with van der Waals surface area (Å²) < 4.78 is 19.9. The minimum Gasteiger partial charge on any atom is -0.508 e. The maximum atomic E-state index is 12.6. The molecule has 0 fully saturated rings. The number of rotatable bonds is 13. The summed E-state index contributed by atoms with van der Waals surface area (Å²) >= 11 is 0. The van der Waals surface area contributed by atoms with E-state index in [1.54, 1.807) is 0 Å². The van der Waals surface area contributed by atoms with E-state index in [1.165, 1.54) is 33.9 Å². The molecule has 35 heavy (non-hydrogen) atoms. The molecule has 196 valence electrons. The van der Waals surface area contributed by atoms with Crippen molar-refractivity contribution < 1.29 is 58.6 Å². The zero-order valence-corrected chi connectivity index (χ0v) is 20.1. The molecule has 4 unspecified atom stereocenters. The van der Waals surface area contributed by atoms with Crippen LogP contribution in [0.25, 0.3) is 0 Å². The Bertz CT molecular complexity index is 895. The number of methoxy groups -OCH3 is 1. The average Bonchev–Trinajstić information content (AvgIpc) is 2.71. The van der Waals surface area contributed by atoms with Crippen LogP contribution in [0.15, 0.2) is 12.1 Å². The summed E-state index contributed by atoms with van der Waals surface area (Å²) in [6.45, 7) is 3.69. The summed E-state index contributed by atoms with van der Waals surface area (Å²) in [6.07, 6.45) is -4.94. The third kappa shape index (κ3) is 10.6. The molecule has 4 N–H and O–H groups in total. The minimum absolute atomic E-state index is 0.111. The number of carbonyl (C=O) groups is 4. The van der Waals surface area contributed by atoms with E-state index >= 15 is 0 Å². The first-order chi connectivity index (χ1) is 16.4. The highest BCUT2D eigenvalue weighted by Crippen LogP contribution is 2.30. The quantitative estimate of drug-likeness (QED) is 0.220. The van der Waals surface area contributed by atoms with E-state index in [9.17, 15) is 39.6 Å². The second kappa shape index (κ2) is 14.1. The highest BCUT2D eigenvalue weighted by atomic mass is 16.6. The van der Waals surface area contributed by atoms with Crippen LogP contribution in [0.3, 0.4) is 0 Å². The van der Waals surface area contributed by atoms with Gasteiger partial charge in [-0.3, -0.25) is 14.4 Å². The van der Waals surface area contributed by atoms with Crippen LogP contribution in [0.2, 0.25) is 0 Å². The lowest BCUT2D eigenvalue weighted by molar-refractivity contribution is -0.160. The molecule has 12 nitrogen and oxygen atoms in total. The number of hydrogen-bond acceptors (Lipinski definition) is 12. The topological polar surface area (TPSA) is 186 Å². The van der Waals surface area contributed by atoms with E-state index < -0.39 is 67.1 Å². The zero-order chi connectivity index (χ0) is 26.7. The molecule has 0 spiro atoms. The van der Waals surface area contributed by atoms with Gasteiger partial charge in [-0.15, -0.1) is 0 Å². The van der Waals surface area contributed by atoms with Gasteiger partial charge >= 0.3 is 23.9 Å². The van der Waals surface area contributed by atoms with Crippen LogP contribution in [-0.2, 0) is 39.8 Å². The second-order valence-corrected chi connectivity index (χ2v) is 8.05. The van der Waals surface area contributed by atoms with Gasteiger partial charge in [0.1, 0.15) is 35.4 Å². The maximum absolute atomic E-state index is 12.6. The number of hydrogen-bond donors (Lipinski definition) is 4. The molecule has 0 saturated heterocycles. The molecule has 0 amide bonds. The molecule has 0 aliphatic heterocycles. The van der Waals surface area contributed by atoms with Gasteiger partial charge in [-0.1, -0.05) is 0 Å². The monoisotopic (exact) mass is 500 g/mol. The normalized spacial score (nSPS) is 14.2. The van der Waals surface area contributed by atoms with Gasteiger partial charge in [0.25, 0.3) is 0 Å². The number of carbonyl (C=O) groups excluding carboxylic acids is 4. The van der Waals surface area contributed by atoms with Gasteiger partial charge in [-0.05, 0) is 32.4 Å². The molecule has 4 atom stereocenters. The Morgan fingerprint density at radius 3 is 2.06 bits per heavy atom. The van der Waals surface area contributed by atoms with Crippen molar-refractivity contribution in [2.24, 2.45) is 0 Å². The van der Waals surface area contributed by atoms with Gasteiger partial charge in [0.05, 0.1) is 39.1 Å². The van der Waals surface area contributed by atoms with E-state index in [0.29, 0.717) is 0 Å². The fourth-order valence-corrected chi connectivity index (χ4v) is 3.10. The molecule has 0 heterocycles. The highest BCUT2D eigenvalue weighted by molar-refractivity contribution is 5.94. The smallest absolute Gasteiger partial charge is 0.342 e. The lowest BCUT2D eigenvalue weighted by Gasteiger charge is -2.19. The summed E-state index contributed by atoms with van der Waals surface area (Å²) in [6, 6.07) is 2.13. The fraction of sp³-hybridized carbons (Fsp3) is 0.565. The van der Waals surface area contributed by atoms with Crippen molar-refractivity contribution in [1.29, 1.82) is 0 Å². The van der Waals surface area contributed by atoms with Gasteiger partial charge in [0.15, 0.2) is 0 Å². The first-order valence-corrected chi connectivity index (χ1v) is 10.9. The van der Waals surface area contributed by atoms with E-state index in [-0.39, 0.29) is 36.1 Å². The third-order valence-corrected chi connectivity index (χ3v) is 4.58. The summed E-state index contributed by atoms with van der Waals surface area (Å²) in [5.41, 5.74) is -0.164. The molecule has 0 bridgehead atoms. The van der Waals surface area contributed by atoms with E-state index in [4.69, 9.17) is 14.2 Å². The molecule has 1 aromatic carbocycles.